The molecule has 1 amide bonds. The zero-order valence-corrected chi connectivity index (χ0v) is 14.3. The molecule has 0 spiro atoms. The molecule has 6 heteroatoms. The van der Waals surface area contributed by atoms with Crippen molar-refractivity contribution in [3.05, 3.63) is 53.9 Å². The van der Waals surface area contributed by atoms with Crippen LogP contribution < -0.4 is 5.32 Å². The van der Waals surface area contributed by atoms with Gasteiger partial charge >= 0.3 is 0 Å². The first kappa shape index (κ1) is 16.6. The Morgan fingerprint density at radius 3 is 2.42 bits per heavy atom. The molecule has 1 aromatic heterocycles. The summed E-state index contributed by atoms with van der Waals surface area (Å²) in [5.74, 6) is 0.0694. The van der Waals surface area contributed by atoms with Crippen molar-refractivity contribution in [2.45, 2.75) is 25.8 Å². The molecule has 2 heterocycles. The van der Waals surface area contributed by atoms with Crippen LogP contribution in [0.25, 0.3) is 11.1 Å². The lowest BCUT2D eigenvalue weighted by Gasteiger charge is -2.23. The molecule has 0 atom stereocenters. The molecule has 5 nitrogen and oxygen atoms in total. The number of aromatic nitrogens is 1. The summed E-state index contributed by atoms with van der Waals surface area (Å²) in [7, 11) is -2.93. The molecule has 0 unspecified atom stereocenters. The van der Waals surface area contributed by atoms with Crippen molar-refractivity contribution in [1.82, 2.24) is 10.3 Å². The Labute approximate surface area is 142 Å². The first-order valence-electron chi connectivity index (χ1n) is 7.96. The summed E-state index contributed by atoms with van der Waals surface area (Å²) in [5, 5.41) is 2.92. The zero-order chi connectivity index (χ0) is 17.2. The van der Waals surface area contributed by atoms with Crippen molar-refractivity contribution in [3.63, 3.8) is 0 Å². The lowest BCUT2D eigenvalue weighted by molar-refractivity contribution is 0.0934. The van der Waals surface area contributed by atoms with Gasteiger partial charge in [0.2, 0.25) is 0 Å². The number of sulfone groups is 1. The van der Waals surface area contributed by atoms with Crippen LogP contribution in [0, 0.1) is 6.92 Å². The highest BCUT2D eigenvalue weighted by Crippen LogP contribution is 2.20. The fraction of sp³-hybridized carbons (Fsp3) is 0.333. The molecular formula is C18H20N2O3S. The van der Waals surface area contributed by atoms with E-state index in [2.05, 4.69) is 10.3 Å². The van der Waals surface area contributed by atoms with E-state index in [4.69, 9.17) is 0 Å². The quantitative estimate of drug-likeness (QED) is 0.927. The minimum atomic E-state index is -2.93. The third-order valence-electron chi connectivity index (χ3n) is 4.28. The largest absolute Gasteiger partial charge is 0.349 e. The molecule has 24 heavy (non-hydrogen) atoms. The first-order valence-corrected chi connectivity index (χ1v) is 9.78. The predicted molar refractivity (Wildman–Crippen MR) is 93.6 cm³/mol. The van der Waals surface area contributed by atoms with Gasteiger partial charge < -0.3 is 5.32 Å². The number of hydrogen-bond acceptors (Lipinski definition) is 4. The van der Waals surface area contributed by atoms with Crippen molar-refractivity contribution >= 4 is 15.7 Å². The van der Waals surface area contributed by atoms with Crippen molar-refractivity contribution in [2.75, 3.05) is 11.5 Å². The molecule has 126 valence electrons. The van der Waals surface area contributed by atoms with Gasteiger partial charge in [-0.05, 0) is 31.4 Å². The third kappa shape index (κ3) is 4.00. The van der Waals surface area contributed by atoms with E-state index in [-0.39, 0.29) is 23.5 Å². The van der Waals surface area contributed by atoms with Gasteiger partial charge in [0, 0.05) is 24.0 Å². The van der Waals surface area contributed by atoms with Gasteiger partial charge in [-0.1, -0.05) is 29.8 Å². The molecule has 0 saturated carbocycles. The standard InChI is InChI=1S/C18H20N2O3S/c1-13-2-4-14(5-3-13)15-10-16(12-19-11-15)18(21)20-17-6-8-24(22,23)9-7-17/h2-5,10-12,17H,6-9H2,1H3,(H,20,21). The van der Waals surface area contributed by atoms with Crippen molar-refractivity contribution in [1.29, 1.82) is 0 Å². The van der Waals surface area contributed by atoms with Crippen molar-refractivity contribution < 1.29 is 13.2 Å². The van der Waals surface area contributed by atoms with Crippen LogP contribution >= 0.6 is 0 Å². The molecule has 1 N–H and O–H groups in total. The van der Waals surface area contributed by atoms with Crippen molar-refractivity contribution in [2.24, 2.45) is 0 Å². The number of benzene rings is 1. The SMILES string of the molecule is Cc1ccc(-c2cncc(C(=O)NC3CCS(=O)(=O)CC3)c2)cc1. The van der Waals surface area contributed by atoms with Crippen molar-refractivity contribution in [3.8, 4) is 11.1 Å². The minimum absolute atomic E-state index is 0.0935. The molecule has 1 aliphatic heterocycles. The lowest BCUT2D eigenvalue weighted by Crippen LogP contribution is -2.40. The Bertz CT molecular complexity index is 831. The molecule has 0 aliphatic carbocycles. The number of aryl methyl sites for hydroxylation is 1. The maximum absolute atomic E-state index is 12.4. The Morgan fingerprint density at radius 1 is 1.08 bits per heavy atom. The van der Waals surface area contributed by atoms with Gasteiger partial charge in [0.15, 0.2) is 0 Å². The van der Waals surface area contributed by atoms with Crippen LogP contribution in [-0.2, 0) is 9.84 Å². The van der Waals surface area contributed by atoms with E-state index in [9.17, 15) is 13.2 Å². The number of pyridine rings is 1. The Hall–Kier alpha value is -2.21. The summed E-state index contributed by atoms with van der Waals surface area (Å²) in [6.07, 6.45) is 4.21. The van der Waals surface area contributed by atoms with Gasteiger partial charge in [-0.25, -0.2) is 8.42 Å². The van der Waals surface area contributed by atoms with Crippen LogP contribution in [0.1, 0.15) is 28.8 Å². The number of amides is 1. The topological polar surface area (TPSA) is 76.1 Å². The normalized spacial score (nSPS) is 17.4. The minimum Gasteiger partial charge on any atom is -0.349 e. The number of carbonyl (C=O) groups excluding carboxylic acids is 1. The van der Waals surface area contributed by atoms with E-state index in [1.165, 1.54) is 11.8 Å². The van der Waals surface area contributed by atoms with Crippen LogP contribution in [-0.4, -0.2) is 36.9 Å². The number of carbonyl (C=O) groups is 1. The summed E-state index contributed by atoms with van der Waals surface area (Å²) in [4.78, 5) is 16.6. The number of hydrogen-bond donors (Lipinski definition) is 1. The lowest BCUT2D eigenvalue weighted by atomic mass is 10.0. The second kappa shape index (κ2) is 6.73. The smallest absolute Gasteiger partial charge is 0.253 e. The molecule has 0 radical (unpaired) electrons. The molecular weight excluding hydrogens is 324 g/mol. The molecule has 1 fully saturated rings. The fourth-order valence-electron chi connectivity index (χ4n) is 2.77. The van der Waals surface area contributed by atoms with E-state index >= 15 is 0 Å². The summed E-state index contributed by atoms with van der Waals surface area (Å²) in [6.45, 7) is 2.02. The highest BCUT2D eigenvalue weighted by atomic mass is 32.2. The van der Waals surface area contributed by atoms with E-state index in [1.807, 2.05) is 37.3 Å². The van der Waals surface area contributed by atoms with E-state index in [0.29, 0.717) is 18.4 Å². The summed E-state index contributed by atoms with van der Waals surface area (Å²) in [6, 6.07) is 9.76. The van der Waals surface area contributed by atoms with Gasteiger partial charge in [0.25, 0.3) is 5.91 Å². The van der Waals surface area contributed by atoms with Gasteiger partial charge in [-0.15, -0.1) is 0 Å². The Kier molecular flexibility index (Phi) is 4.66. The molecule has 1 aromatic carbocycles. The summed E-state index contributed by atoms with van der Waals surface area (Å²) < 4.78 is 22.9. The summed E-state index contributed by atoms with van der Waals surface area (Å²) >= 11 is 0. The monoisotopic (exact) mass is 344 g/mol. The second-order valence-corrected chi connectivity index (χ2v) is 8.53. The van der Waals surface area contributed by atoms with Gasteiger partial charge in [-0.3, -0.25) is 9.78 Å². The maximum atomic E-state index is 12.4. The van der Waals surface area contributed by atoms with Crippen LogP contribution in [0.2, 0.25) is 0 Å². The predicted octanol–water partition coefficient (Wildman–Crippen LogP) is 2.36. The zero-order valence-electron chi connectivity index (χ0n) is 13.5. The van der Waals surface area contributed by atoms with Gasteiger partial charge in [-0.2, -0.15) is 0 Å². The van der Waals surface area contributed by atoms with Crippen LogP contribution in [0.4, 0.5) is 0 Å². The van der Waals surface area contributed by atoms with Crippen LogP contribution in [0.15, 0.2) is 42.7 Å². The molecule has 3 rings (SSSR count). The molecule has 1 aliphatic rings. The molecule has 1 saturated heterocycles. The van der Waals surface area contributed by atoms with E-state index < -0.39 is 9.84 Å². The van der Waals surface area contributed by atoms with E-state index in [1.54, 1.807) is 6.20 Å². The first-order chi connectivity index (χ1) is 11.4. The van der Waals surface area contributed by atoms with Crippen LogP contribution in [0.3, 0.4) is 0 Å². The fourth-order valence-corrected chi connectivity index (χ4v) is 4.26. The Balaban J connectivity index is 1.72. The van der Waals surface area contributed by atoms with Gasteiger partial charge in [0.05, 0.1) is 17.1 Å². The molecule has 0 bridgehead atoms. The third-order valence-corrected chi connectivity index (χ3v) is 5.99. The maximum Gasteiger partial charge on any atom is 0.253 e. The second-order valence-electron chi connectivity index (χ2n) is 6.23. The molecule has 2 aromatic rings. The Morgan fingerprint density at radius 2 is 1.75 bits per heavy atom. The van der Waals surface area contributed by atoms with Crippen LogP contribution in [0.5, 0.6) is 0 Å². The highest BCUT2D eigenvalue weighted by molar-refractivity contribution is 7.91. The highest BCUT2D eigenvalue weighted by Gasteiger charge is 2.25. The number of rotatable bonds is 3. The average molecular weight is 344 g/mol. The average Bonchev–Trinajstić information content (AvgIpc) is 2.57. The number of nitrogens with zero attached hydrogens (tertiary/aromatic N) is 1. The number of nitrogens with one attached hydrogen (secondary N) is 1. The van der Waals surface area contributed by atoms with E-state index in [0.717, 1.165) is 11.1 Å². The van der Waals surface area contributed by atoms with Gasteiger partial charge in [0.1, 0.15) is 9.84 Å². The summed E-state index contributed by atoms with van der Waals surface area (Å²) in [5.41, 5.74) is 3.55.